The van der Waals surface area contributed by atoms with E-state index in [0.717, 1.165) is 51.2 Å². The average molecular weight is 288 g/mol. The molecule has 3 fully saturated rings. The van der Waals surface area contributed by atoms with Gasteiger partial charge in [-0.15, -0.1) is 0 Å². The zero-order valence-electron chi connectivity index (χ0n) is 12.5. The van der Waals surface area contributed by atoms with Gasteiger partial charge in [0.05, 0.1) is 5.54 Å². The second kappa shape index (κ2) is 4.83. The van der Waals surface area contributed by atoms with Crippen LogP contribution in [0.15, 0.2) is 12.4 Å². The molecule has 1 aromatic heterocycles. The number of rotatable bonds is 4. The van der Waals surface area contributed by atoms with Crippen molar-refractivity contribution in [3.8, 4) is 0 Å². The van der Waals surface area contributed by atoms with Gasteiger partial charge in [-0.3, -0.25) is 4.79 Å². The SMILES string of the molecule is NC1(C(=O)N2CCCC(c3nccn3CC3CC3)C2)CC1. The Balaban J connectivity index is 1.47. The fourth-order valence-corrected chi connectivity index (χ4v) is 3.45. The number of imidazole rings is 1. The van der Waals surface area contributed by atoms with Crippen molar-refractivity contribution in [2.45, 2.75) is 56.5 Å². The molecular formula is C16H24N4O. The molecule has 2 aliphatic carbocycles. The Labute approximate surface area is 125 Å². The van der Waals surface area contributed by atoms with Crippen LogP contribution in [0.3, 0.4) is 0 Å². The number of carbonyl (C=O) groups excluding carboxylic acids is 1. The van der Waals surface area contributed by atoms with Crippen LogP contribution in [0.4, 0.5) is 0 Å². The van der Waals surface area contributed by atoms with Crippen LogP contribution in [0.2, 0.25) is 0 Å². The molecule has 114 valence electrons. The Morgan fingerprint density at radius 2 is 2.19 bits per heavy atom. The number of hydrogen-bond acceptors (Lipinski definition) is 3. The van der Waals surface area contributed by atoms with Gasteiger partial charge in [-0.2, -0.15) is 0 Å². The predicted octanol–water partition coefficient (Wildman–Crippen LogP) is 1.49. The normalized spacial score (nSPS) is 27.7. The zero-order chi connectivity index (χ0) is 14.4. The van der Waals surface area contributed by atoms with Crippen molar-refractivity contribution in [3.05, 3.63) is 18.2 Å². The fourth-order valence-electron chi connectivity index (χ4n) is 3.45. The van der Waals surface area contributed by atoms with Crippen molar-refractivity contribution in [1.29, 1.82) is 0 Å². The molecule has 0 spiro atoms. The number of aromatic nitrogens is 2. The first kappa shape index (κ1) is 13.3. The molecule has 2 saturated carbocycles. The van der Waals surface area contributed by atoms with Crippen molar-refractivity contribution in [1.82, 2.24) is 14.5 Å². The van der Waals surface area contributed by atoms with E-state index in [1.165, 1.54) is 18.7 Å². The van der Waals surface area contributed by atoms with Crippen LogP contribution in [-0.4, -0.2) is 39.0 Å². The van der Waals surface area contributed by atoms with Crippen molar-refractivity contribution in [2.75, 3.05) is 13.1 Å². The lowest BCUT2D eigenvalue weighted by molar-refractivity contribution is -0.134. The summed E-state index contributed by atoms with van der Waals surface area (Å²) < 4.78 is 2.31. The first-order valence-corrected chi connectivity index (χ1v) is 8.25. The highest BCUT2D eigenvalue weighted by atomic mass is 16.2. The van der Waals surface area contributed by atoms with Gasteiger partial charge in [-0.05, 0) is 44.4 Å². The maximum absolute atomic E-state index is 12.4. The second-order valence-corrected chi connectivity index (χ2v) is 7.13. The smallest absolute Gasteiger partial charge is 0.242 e. The Morgan fingerprint density at radius 1 is 1.38 bits per heavy atom. The molecule has 0 radical (unpaired) electrons. The molecule has 21 heavy (non-hydrogen) atoms. The zero-order valence-corrected chi connectivity index (χ0v) is 12.5. The summed E-state index contributed by atoms with van der Waals surface area (Å²) in [7, 11) is 0. The van der Waals surface area contributed by atoms with Gasteiger partial charge >= 0.3 is 0 Å². The van der Waals surface area contributed by atoms with Crippen LogP contribution >= 0.6 is 0 Å². The molecule has 2 heterocycles. The summed E-state index contributed by atoms with van der Waals surface area (Å²) in [5.74, 6) is 2.55. The van der Waals surface area contributed by atoms with Crippen LogP contribution in [0.25, 0.3) is 0 Å². The van der Waals surface area contributed by atoms with E-state index in [2.05, 4.69) is 15.7 Å². The predicted molar refractivity (Wildman–Crippen MR) is 79.7 cm³/mol. The lowest BCUT2D eigenvalue weighted by atomic mass is 9.96. The maximum Gasteiger partial charge on any atom is 0.242 e. The van der Waals surface area contributed by atoms with Gasteiger partial charge < -0.3 is 15.2 Å². The molecule has 0 bridgehead atoms. The minimum atomic E-state index is -0.536. The largest absolute Gasteiger partial charge is 0.340 e. The van der Waals surface area contributed by atoms with Gasteiger partial charge in [0.15, 0.2) is 0 Å². The summed E-state index contributed by atoms with van der Waals surface area (Å²) in [6, 6.07) is 0. The highest BCUT2D eigenvalue weighted by molar-refractivity contribution is 5.89. The van der Waals surface area contributed by atoms with E-state index in [1.807, 2.05) is 11.1 Å². The van der Waals surface area contributed by atoms with Gasteiger partial charge in [0.1, 0.15) is 5.82 Å². The molecule has 1 saturated heterocycles. The fraction of sp³-hybridized carbons (Fsp3) is 0.750. The molecule has 1 aromatic rings. The lowest BCUT2D eigenvalue weighted by Gasteiger charge is -2.34. The van der Waals surface area contributed by atoms with E-state index >= 15 is 0 Å². The van der Waals surface area contributed by atoms with Crippen molar-refractivity contribution >= 4 is 5.91 Å². The number of carbonyl (C=O) groups is 1. The summed E-state index contributed by atoms with van der Waals surface area (Å²) >= 11 is 0. The molecule has 5 heteroatoms. The second-order valence-electron chi connectivity index (χ2n) is 7.13. The summed E-state index contributed by atoms with van der Waals surface area (Å²) in [5.41, 5.74) is 5.54. The lowest BCUT2D eigenvalue weighted by Crippen LogP contribution is -2.49. The standard InChI is InChI=1S/C16H24N4O/c17-16(5-6-16)15(21)20-8-1-2-13(11-20)14-18-7-9-19(14)10-12-3-4-12/h7,9,12-13H,1-6,8,10-11,17H2. The van der Waals surface area contributed by atoms with E-state index in [1.54, 1.807) is 0 Å². The summed E-state index contributed by atoms with van der Waals surface area (Å²) in [5, 5.41) is 0. The summed E-state index contributed by atoms with van der Waals surface area (Å²) in [6.07, 6.45) is 10.6. The molecule has 1 aliphatic heterocycles. The molecule has 1 atom stereocenters. The molecule has 1 unspecified atom stereocenters. The van der Waals surface area contributed by atoms with Gasteiger partial charge in [0.2, 0.25) is 5.91 Å². The van der Waals surface area contributed by atoms with Crippen LogP contribution in [0, 0.1) is 5.92 Å². The van der Waals surface area contributed by atoms with Gasteiger partial charge in [0.25, 0.3) is 0 Å². The third kappa shape index (κ3) is 2.59. The minimum Gasteiger partial charge on any atom is -0.340 e. The highest BCUT2D eigenvalue weighted by Gasteiger charge is 2.48. The molecule has 1 amide bonds. The third-order valence-corrected chi connectivity index (χ3v) is 5.19. The molecular weight excluding hydrogens is 264 g/mol. The quantitative estimate of drug-likeness (QED) is 0.913. The topological polar surface area (TPSA) is 64.2 Å². The van der Waals surface area contributed by atoms with Gasteiger partial charge in [-0.1, -0.05) is 0 Å². The maximum atomic E-state index is 12.4. The Bertz CT molecular complexity index is 544. The molecule has 5 nitrogen and oxygen atoms in total. The first-order valence-electron chi connectivity index (χ1n) is 8.25. The summed E-state index contributed by atoms with van der Waals surface area (Å²) in [6.45, 7) is 2.75. The number of likely N-dealkylation sites (tertiary alicyclic amines) is 1. The Kier molecular flexibility index (Phi) is 3.06. The van der Waals surface area contributed by atoms with Crippen LogP contribution in [0.5, 0.6) is 0 Å². The third-order valence-electron chi connectivity index (χ3n) is 5.19. The first-order chi connectivity index (χ1) is 10.2. The monoisotopic (exact) mass is 288 g/mol. The molecule has 4 rings (SSSR count). The van der Waals surface area contributed by atoms with Gasteiger partial charge in [-0.25, -0.2) is 4.98 Å². The van der Waals surface area contributed by atoms with Crippen LogP contribution in [-0.2, 0) is 11.3 Å². The molecule has 0 aromatic carbocycles. The molecule has 3 aliphatic rings. The number of hydrogen-bond donors (Lipinski definition) is 1. The van der Waals surface area contributed by atoms with E-state index in [-0.39, 0.29) is 5.91 Å². The summed E-state index contributed by atoms with van der Waals surface area (Å²) in [4.78, 5) is 19.0. The Hall–Kier alpha value is -1.36. The van der Waals surface area contributed by atoms with Crippen molar-refractivity contribution in [3.63, 3.8) is 0 Å². The number of nitrogens with two attached hydrogens (primary N) is 1. The van der Waals surface area contributed by atoms with E-state index in [9.17, 15) is 4.79 Å². The van der Waals surface area contributed by atoms with Crippen LogP contribution < -0.4 is 5.73 Å². The number of amides is 1. The Morgan fingerprint density at radius 3 is 2.90 bits per heavy atom. The van der Waals surface area contributed by atoms with E-state index in [0.29, 0.717) is 5.92 Å². The van der Waals surface area contributed by atoms with E-state index in [4.69, 9.17) is 5.73 Å². The molecule has 2 N–H and O–H groups in total. The van der Waals surface area contributed by atoms with Gasteiger partial charge in [0, 0.05) is 37.9 Å². The average Bonchev–Trinajstić information content (AvgIpc) is 3.40. The van der Waals surface area contributed by atoms with Crippen molar-refractivity contribution < 1.29 is 4.79 Å². The minimum absolute atomic E-state index is 0.160. The highest BCUT2D eigenvalue weighted by Crippen LogP contribution is 2.37. The van der Waals surface area contributed by atoms with Crippen molar-refractivity contribution in [2.24, 2.45) is 11.7 Å². The van der Waals surface area contributed by atoms with Crippen LogP contribution in [0.1, 0.15) is 50.3 Å². The number of piperidine rings is 1. The van der Waals surface area contributed by atoms with E-state index < -0.39 is 5.54 Å². The number of nitrogens with zero attached hydrogens (tertiary/aromatic N) is 3.